The molecule has 2 heterocycles. The standard InChI is InChI=1S/C18H25N3O2S2/c1-15(19-25(22,23)16-7-4-3-5-8-16)18(17-9-6-14-24-17)21-12-10-20(2)11-13-21/h3-9,14-15,18-19H,10-13H2,1-2H3/t15-,18-/m0/s1. The highest BCUT2D eigenvalue weighted by molar-refractivity contribution is 7.89. The Bertz CT molecular complexity index is 755. The van der Waals surface area contributed by atoms with E-state index in [0.29, 0.717) is 4.90 Å². The second-order valence-corrected chi connectivity index (χ2v) is 9.22. The molecule has 7 heteroatoms. The van der Waals surface area contributed by atoms with Gasteiger partial charge in [0.15, 0.2) is 0 Å². The van der Waals surface area contributed by atoms with E-state index in [1.165, 1.54) is 4.88 Å². The number of rotatable bonds is 6. The number of likely N-dealkylation sites (N-methyl/N-ethyl adjacent to an activating group) is 1. The SMILES string of the molecule is C[C@H](NS(=O)(=O)c1ccccc1)[C@@H](c1cccs1)N1CCN(C)CC1. The summed E-state index contributed by atoms with van der Waals surface area (Å²) in [7, 11) is -1.40. The molecule has 1 saturated heterocycles. The molecule has 2 atom stereocenters. The minimum absolute atomic E-state index is 0.0483. The van der Waals surface area contributed by atoms with Crippen molar-refractivity contribution in [2.24, 2.45) is 0 Å². The van der Waals surface area contributed by atoms with Crippen LogP contribution in [-0.2, 0) is 10.0 Å². The number of hydrogen-bond acceptors (Lipinski definition) is 5. The van der Waals surface area contributed by atoms with Crippen molar-refractivity contribution in [3.05, 3.63) is 52.7 Å². The third-order valence-electron chi connectivity index (χ3n) is 4.63. The Morgan fingerprint density at radius 1 is 1.04 bits per heavy atom. The first-order chi connectivity index (χ1) is 12.0. The van der Waals surface area contributed by atoms with Crippen molar-refractivity contribution in [3.63, 3.8) is 0 Å². The molecule has 0 saturated carbocycles. The molecule has 0 amide bonds. The van der Waals surface area contributed by atoms with E-state index in [4.69, 9.17) is 0 Å². The lowest BCUT2D eigenvalue weighted by Gasteiger charge is -2.40. The minimum Gasteiger partial charge on any atom is -0.304 e. The molecule has 1 aliphatic rings. The Kier molecular flexibility index (Phi) is 5.91. The van der Waals surface area contributed by atoms with Gasteiger partial charge in [-0.15, -0.1) is 11.3 Å². The predicted octanol–water partition coefficient (Wildman–Crippen LogP) is 2.40. The number of nitrogens with zero attached hydrogens (tertiary/aromatic N) is 2. The third kappa shape index (κ3) is 4.48. The van der Waals surface area contributed by atoms with Crippen LogP contribution in [0.15, 0.2) is 52.7 Å². The van der Waals surface area contributed by atoms with Crippen molar-refractivity contribution in [3.8, 4) is 0 Å². The summed E-state index contributed by atoms with van der Waals surface area (Å²) >= 11 is 1.69. The van der Waals surface area contributed by atoms with Crippen LogP contribution in [0.5, 0.6) is 0 Å². The molecule has 0 bridgehead atoms. The van der Waals surface area contributed by atoms with Gasteiger partial charge in [-0.2, -0.15) is 0 Å². The highest BCUT2D eigenvalue weighted by Crippen LogP contribution is 2.30. The molecule has 0 aliphatic carbocycles. The van der Waals surface area contributed by atoms with Crippen LogP contribution >= 0.6 is 11.3 Å². The van der Waals surface area contributed by atoms with Crippen LogP contribution in [0.3, 0.4) is 0 Å². The molecule has 1 fully saturated rings. The van der Waals surface area contributed by atoms with Crippen molar-refractivity contribution in [1.29, 1.82) is 0 Å². The van der Waals surface area contributed by atoms with Crippen molar-refractivity contribution in [1.82, 2.24) is 14.5 Å². The lowest BCUT2D eigenvalue weighted by Crippen LogP contribution is -2.51. The topological polar surface area (TPSA) is 52.7 Å². The zero-order chi connectivity index (χ0) is 17.9. The zero-order valence-electron chi connectivity index (χ0n) is 14.6. The zero-order valence-corrected chi connectivity index (χ0v) is 16.3. The Morgan fingerprint density at radius 2 is 1.72 bits per heavy atom. The Labute approximate surface area is 154 Å². The first kappa shape index (κ1) is 18.5. The van der Waals surface area contributed by atoms with Gasteiger partial charge in [0, 0.05) is 37.1 Å². The van der Waals surface area contributed by atoms with E-state index in [-0.39, 0.29) is 12.1 Å². The summed E-state index contributed by atoms with van der Waals surface area (Å²) in [6.45, 7) is 5.84. The van der Waals surface area contributed by atoms with Crippen molar-refractivity contribution in [2.75, 3.05) is 33.2 Å². The Balaban J connectivity index is 1.81. The maximum Gasteiger partial charge on any atom is 0.240 e. The van der Waals surface area contributed by atoms with Gasteiger partial charge < -0.3 is 4.90 Å². The van der Waals surface area contributed by atoms with Crippen LogP contribution in [0, 0.1) is 0 Å². The van der Waals surface area contributed by atoms with Crippen LogP contribution in [0.25, 0.3) is 0 Å². The monoisotopic (exact) mass is 379 g/mol. The van der Waals surface area contributed by atoms with Crippen LogP contribution in [0.2, 0.25) is 0 Å². The van der Waals surface area contributed by atoms with Crippen molar-refractivity contribution >= 4 is 21.4 Å². The summed E-state index contributed by atoms with van der Waals surface area (Å²) in [5, 5.41) is 2.05. The molecule has 1 aromatic heterocycles. The second-order valence-electron chi connectivity index (χ2n) is 6.52. The highest BCUT2D eigenvalue weighted by Gasteiger charge is 2.31. The molecule has 2 aromatic rings. The van der Waals surface area contributed by atoms with Gasteiger partial charge in [0.1, 0.15) is 0 Å². The van der Waals surface area contributed by atoms with Crippen LogP contribution in [-0.4, -0.2) is 57.5 Å². The average molecular weight is 380 g/mol. The second kappa shape index (κ2) is 7.97. The van der Waals surface area contributed by atoms with Gasteiger partial charge in [-0.1, -0.05) is 24.3 Å². The van der Waals surface area contributed by atoms with E-state index in [1.807, 2.05) is 19.1 Å². The summed E-state index contributed by atoms with van der Waals surface area (Å²) in [6, 6.07) is 12.5. The number of hydrogen-bond donors (Lipinski definition) is 1. The van der Waals surface area contributed by atoms with Gasteiger partial charge in [0.2, 0.25) is 10.0 Å². The number of thiophene rings is 1. The molecule has 0 radical (unpaired) electrons. The molecule has 5 nitrogen and oxygen atoms in total. The molecule has 136 valence electrons. The molecular weight excluding hydrogens is 354 g/mol. The van der Waals surface area contributed by atoms with Gasteiger partial charge >= 0.3 is 0 Å². The van der Waals surface area contributed by atoms with Gasteiger partial charge in [-0.25, -0.2) is 13.1 Å². The van der Waals surface area contributed by atoms with Crippen molar-refractivity contribution in [2.45, 2.75) is 23.9 Å². The summed E-state index contributed by atoms with van der Waals surface area (Å²) in [4.78, 5) is 6.21. The van der Waals surface area contributed by atoms with E-state index in [0.717, 1.165) is 26.2 Å². The predicted molar refractivity (Wildman–Crippen MR) is 102 cm³/mol. The summed E-state index contributed by atoms with van der Waals surface area (Å²) in [6.07, 6.45) is 0. The smallest absolute Gasteiger partial charge is 0.240 e. The quantitative estimate of drug-likeness (QED) is 0.837. The van der Waals surface area contributed by atoms with Gasteiger partial charge in [-0.3, -0.25) is 4.90 Å². The molecule has 25 heavy (non-hydrogen) atoms. The van der Waals surface area contributed by atoms with Crippen molar-refractivity contribution < 1.29 is 8.42 Å². The van der Waals surface area contributed by atoms with Crippen LogP contribution < -0.4 is 4.72 Å². The van der Waals surface area contributed by atoms with Gasteiger partial charge in [0.25, 0.3) is 0 Å². The Hall–Kier alpha value is -1.25. The summed E-state index contributed by atoms with van der Waals surface area (Å²) in [5.74, 6) is 0. The molecular formula is C18H25N3O2S2. The first-order valence-corrected chi connectivity index (χ1v) is 10.9. The number of piperazine rings is 1. The first-order valence-electron chi connectivity index (χ1n) is 8.51. The van der Waals surface area contributed by atoms with Crippen LogP contribution in [0.4, 0.5) is 0 Å². The van der Waals surface area contributed by atoms with Crippen LogP contribution in [0.1, 0.15) is 17.8 Å². The number of sulfonamides is 1. The maximum atomic E-state index is 12.7. The van der Waals surface area contributed by atoms with E-state index < -0.39 is 10.0 Å². The fourth-order valence-electron chi connectivity index (χ4n) is 3.28. The molecule has 1 N–H and O–H groups in total. The van der Waals surface area contributed by atoms with Gasteiger partial charge in [0.05, 0.1) is 10.9 Å². The highest BCUT2D eigenvalue weighted by atomic mass is 32.2. The van der Waals surface area contributed by atoms with E-state index >= 15 is 0 Å². The number of nitrogens with one attached hydrogen (secondary N) is 1. The molecule has 3 rings (SSSR count). The van der Waals surface area contributed by atoms with E-state index in [1.54, 1.807) is 35.6 Å². The summed E-state index contributed by atoms with van der Waals surface area (Å²) < 4.78 is 28.3. The maximum absolute atomic E-state index is 12.7. The largest absolute Gasteiger partial charge is 0.304 e. The number of benzene rings is 1. The van der Waals surface area contributed by atoms with Gasteiger partial charge in [-0.05, 0) is 37.6 Å². The Morgan fingerprint density at radius 3 is 2.32 bits per heavy atom. The lowest BCUT2D eigenvalue weighted by atomic mass is 10.1. The molecule has 1 aromatic carbocycles. The average Bonchev–Trinajstić information content (AvgIpc) is 3.11. The fourth-order valence-corrected chi connectivity index (χ4v) is 5.51. The minimum atomic E-state index is -3.53. The molecule has 0 spiro atoms. The van der Waals surface area contributed by atoms with E-state index in [9.17, 15) is 8.42 Å². The summed E-state index contributed by atoms with van der Waals surface area (Å²) in [5.41, 5.74) is 0. The third-order valence-corrected chi connectivity index (χ3v) is 7.15. The molecule has 1 aliphatic heterocycles. The van der Waals surface area contributed by atoms with E-state index in [2.05, 4.69) is 33.0 Å². The fraction of sp³-hybridized carbons (Fsp3) is 0.444. The molecule has 0 unspecified atom stereocenters. The lowest BCUT2D eigenvalue weighted by molar-refractivity contribution is 0.0994. The normalized spacial score (nSPS) is 19.6.